The van der Waals surface area contributed by atoms with Crippen LogP contribution in [0.2, 0.25) is 0 Å². The average Bonchev–Trinajstić information content (AvgIpc) is 2.99. The Morgan fingerprint density at radius 2 is 2.20 bits per heavy atom. The number of anilines is 1. The predicted molar refractivity (Wildman–Crippen MR) is 66.6 cm³/mol. The summed E-state index contributed by atoms with van der Waals surface area (Å²) in [6.07, 6.45) is 2.47. The normalized spacial score (nSPS) is 15.1. The number of hydrogen-bond donors (Lipinski definition) is 2. The number of amidine groups is 1. The molecule has 2 rings (SSSR count). The fraction of sp³-hybridized carbons (Fsp3) is 0.364. The highest BCUT2D eigenvalue weighted by Gasteiger charge is 2.28. The Balaban J connectivity index is 2.41. The van der Waals surface area contributed by atoms with Crippen molar-refractivity contribution in [3.8, 4) is 0 Å². The van der Waals surface area contributed by atoms with Crippen molar-refractivity contribution in [2.24, 2.45) is 5.73 Å². The van der Waals surface area contributed by atoms with Crippen molar-refractivity contribution in [1.29, 1.82) is 5.41 Å². The van der Waals surface area contributed by atoms with Crippen LogP contribution in [0.3, 0.4) is 0 Å². The monoisotopic (exact) mass is 267 g/mol. The van der Waals surface area contributed by atoms with Crippen molar-refractivity contribution < 1.29 is 0 Å². The SMILES string of the molecule is CN(c1cc(Br)ccc1C(=N)N)C1CC1. The molecule has 1 aliphatic carbocycles. The van der Waals surface area contributed by atoms with Crippen LogP contribution >= 0.6 is 15.9 Å². The average molecular weight is 268 g/mol. The third kappa shape index (κ3) is 2.15. The van der Waals surface area contributed by atoms with Crippen LogP contribution in [0.5, 0.6) is 0 Å². The predicted octanol–water partition coefficient (Wildman–Crippen LogP) is 2.33. The van der Waals surface area contributed by atoms with Crippen LogP contribution in [-0.4, -0.2) is 18.9 Å². The number of nitrogens with zero attached hydrogens (tertiary/aromatic N) is 1. The summed E-state index contributed by atoms with van der Waals surface area (Å²) >= 11 is 3.45. The molecule has 1 aromatic rings. The van der Waals surface area contributed by atoms with E-state index < -0.39 is 0 Å². The summed E-state index contributed by atoms with van der Waals surface area (Å²) in [4.78, 5) is 2.21. The molecule has 1 aliphatic rings. The quantitative estimate of drug-likeness (QED) is 0.653. The van der Waals surface area contributed by atoms with Gasteiger partial charge in [0.2, 0.25) is 0 Å². The molecule has 0 spiro atoms. The van der Waals surface area contributed by atoms with Crippen LogP contribution in [-0.2, 0) is 0 Å². The lowest BCUT2D eigenvalue weighted by atomic mass is 10.1. The highest BCUT2D eigenvalue weighted by Crippen LogP contribution is 2.33. The first-order valence-corrected chi connectivity index (χ1v) is 5.75. The highest BCUT2D eigenvalue weighted by atomic mass is 79.9. The van der Waals surface area contributed by atoms with Crippen molar-refractivity contribution in [1.82, 2.24) is 0 Å². The number of nitrogen functional groups attached to an aromatic ring is 1. The summed E-state index contributed by atoms with van der Waals surface area (Å²) in [7, 11) is 2.06. The summed E-state index contributed by atoms with van der Waals surface area (Å²) in [5, 5.41) is 7.54. The molecule has 0 aliphatic heterocycles. The largest absolute Gasteiger partial charge is 0.384 e. The molecule has 15 heavy (non-hydrogen) atoms. The van der Waals surface area contributed by atoms with Gasteiger partial charge < -0.3 is 10.6 Å². The third-order valence-corrected chi connectivity index (χ3v) is 3.22. The lowest BCUT2D eigenvalue weighted by Crippen LogP contribution is -2.24. The zero-order valence-electron chi connectivity index (χ0n) is 8.63. The first-order valence-electron chi connectivity index (χ1n) is 4.96. The van der Waals surface area contributed by atoms with E-state index in [1.807, 2.05) is 18.2 Å². The topological polar surface area (TPSA) is 53.1 Å². The van der Waals surface area contributed by atoms with Crippen molar-refractivity contribution in [2.45, 2.75) is 18.9 Å². The van der Waals surface area contributed by atoms with Gasteiger partial charge in [-0.3, -0.25) is 5.41 Å². The molecule has 0 saturated heterocycles. The Morgan fingerprint density at radius 1 is 1.53 bits per heavy atom. The molecule has 1 fully saturated rings. The molecule has 0 heterocycles. The van der Waals surface area contributed by atoms with Gasteiger partial charge in [-0.25, -0.2) is 0 Å². The fourth-order valence-corrected chi connectivity index (χ4v) is 2.03. The van der Waals surface area contributed by atoms with E-state index in [-0.39, 0.29) is 5.84 Å². The van der Waals surface area contributed by atoms with Crippen molar-refractivity contribution in [3.05, 3.63) is 28.2 Å². The van der Waals surface area contributed by atoms with E-state index in [9.17, 15) is 0 Å². The number of hydrogen-bond acceptors (Lipinski definition) is 2. The number of rotatable bonds is 3. The van der Waals surface area contributed by atoms with Gasteiger partial charge in [-0.1, -0.05) is 15.9 Å². The second kappa shape index (κ2) is 3.85. The van der Waals surface area contributed by atoms with E-state index in [0.717, 1.165) is 15.7 Å². The minimum Gasteiger partial charge on any atom is -0.384 e. The zero-order valence-corrected chi connectivity index (χ0v) is 10.2. The summed E-state index contributed by atoms with van der Waals surface area (Å²) in [5.74, 6) is 0.130. The van der Waals surface area contributed by atoms with Crippen LogP contribution in [0.1, 0.15) is 18.4 Å². The van der Waals surface area contributed by atoms with E-state index in [2.05, 4.69) is 27.9 Å². The molecule has 0 unspecified atom stereocenters. The van der Waals surface area contributed by atoms with Crippen LogP contribution in [0.25, 0.3) is 0 Å². The van der Waals surface area contributed by atoms with E-state index >= 15 is 0 Å². The maximum absolute atomic E-state index is 7.54. The summed E-state index contributed by atoms with van der Waals surface area (Å²) < 4.78 is 1.02. The maximum atomic E-state index is 7.54. The Bertz CT molecular complexity index is 399. The molecule has 0 atom stereocenters. The van der Waals surface area contributed by atoms with Crippen LogP contribution < -0.4 is 10.6 Å². The number of nitrogens with two attached hydrogens (primary N) is 1. The van der Waals surface area contributed by atoms with Gasteiger partial charge >= 0.3 is 0 Å². The molecule has 0 aromatic heterocycles. The number of benzene rings is 1. The number of nitrogens with one attached hydrogen (secondary N) is 1. The first kappa shape index (κ1) is 10.5. The second-order valence-corrected chi connectivity index (χ2v) is 4.83. The van der Waals surface area contributed by atoms with Gasteiger partial charge in [0, 0.05) is 28.8 Å². The number of halogens is 1. The second-order valence-electron chi connectivity index (χ2n) is 3.92. The molecular formula is C11H14BrN3. The molecule has 0 radical (unpaired) electrons. The Morgan fingerprint density at radius 3 is 2.73 bits per heavy atom. The van der Waals surface area contributed by atoms with Crippen molar-refractivity contribution in [3.63, 3.8) is 0 Å². The lowest BCUT2D eigenvalue weighted by molar-refractivity contribution is 0.914. The van der Waals surface area contributed by atoms with Gasteiger partial charge in [-0.15, -0.1) is 0 Å². The minimum atomic E-state index is 0.130. The maximum Gasteiger partial charge on any atom is 0.124 e. The van der Waals surface area contributed by atoms with E-state index in [1.165, 1.54) is 12.8 Å². The molecule has 3 N–H and O–H groups in total. The van der Waals surface area contributed by atoms with Crippen LogP contribution in [0.4, 0.5) is 5.69 Å². The molecule has 3 nitrogen and oxygen atoms in total. The van der Waals surface area contributed by atoms with Gasteiger partial charge in [0.15, 0.2) is 0 Å². The molecular weight excluding hydrogens is 254 g/mol. The first-order chi connectivity index (χ1) is 7.09. The molecule has 1 saturated carbocycles. The van der Waals surface area contributed by atoms with Gasteiger partial charge in [0.05, 0.1) is 0 Å². The van der Waals surface area contributed by atoms with Crippen LogP contribution in [0.15, 0.2) is 22.7 Å². The molecule has 1 aromatic carbocycles. The lowest BCUT2D eigenvalue weighted by Gasteiger charge is -2.22. The van der Waals surface area contributed by atoms with E-state index in [1.54, 1.807) is 0 Å². The molecule has 4 heteroatoms. The summed E-state index contributed by atoms with van der Waals surface area (Å²) in [6, 6.07) is 6.45. The van der Waals surface area contributed by atoms with Gasteiger partial charge in [0.1, 0.15) is 5.84 Å². The smallest absolute Gasteiger partial charge is 0.124 e. The molecule has 0 bridgehead atoms. The Kier molecular flexibility index (Phi) is 2.69. The van der Waals surface area contributed by atoms with Crippen molar-refractivity contribution >= 4 is 27.5 Å². The van der Waals surface area contributed by atoms with Crippen molar-refractivity contribution in [2.75, 3.05) is 11.9 Å². The van der Waals surface area contributed by atoms with E-state index in [0.29, 0.717) is 6.04 Å². The highest BCUT2D eigenvalue weighted by molar-refractivity contribution is 9.10. The standard InChI is InChI=1S/C11H14BrN3/c1-15(8-3-4-8)10-6-7(12)2-5-9(10)11(13)14/h2,5-6,8H,3-4H2,1H3,(H3,13,14). The van der Waals surface area contributed by atoms with Gasteiger partial charge in [-0.05, 0) is 31.0 Å². The summed E-state index contributed by atoms with van der Waals surface area (Å²) in [5.41, 5.74) is 7.42. The molecule has 80 valence electrons. The summed E-state index contributed by atoms with van der Waals surface area (Å²) in [6.45, 7) is 0. The zero-order chi connectivity index (χ0) is 11.0. The molecule has 0 amide bonds. The minimum absolute atomic E-state index is 0.130. The van der Waals surface area contributed by atoms with Gasteiger partial charge in [-0.2, -0.15) is 0 Å². The Hall–Kier alpha value is -1.03. The van der Waals surface area contributed by atoms with Gasteiger partial charge in [0.25, 0.3) is 0 Å². The fourth-order valence-electron chi connectivity index (χ4n) is 1.68. The third-order valence-electron chi connectivity index (χ3n) is 2.72. The van der Waals surface area contributed by atoms with Crippen LogP contribution in [0, 0.1) is 5.41 Å². The Labute approximate surface area is 97.9 Å². The van der Waals surface area contributed by atoms with E-state index in [4.69, 9.17) is 11.1 Å².